The van der Waals surface area contributed by atoms with E-state index >= 15 is 0 Å². The summed E-state index contributed by atoms with van der Waals surface area (Å²) in [5.74, 6) is 0. The lowest BCUT2D eigenvalue weighted by Crippen LogP contribution is -2.29. The normalized spacial score (nSPS) is 13.8. The summed E-state index contributed by atoms with van der Waals surface area (Å²) in [7, 11) is -10.8. The third kappa shape index (κ3) is 3.09. The Hall–Kier alpha value is -1.05. The predicted molar refractivity (Wildman–Crippen MR) is 73.5 cm³/mol. The van der Waals surface area contributed by atoms with Crippen molar-refractivity contribution in [1.82, 2.24) is 9.97 Å². The number of nitrogens with zero attached hydrogens (tertiary/aromatic N) is 1. The molecule has 0 aliphatic heterocycles. The van der Waals surface area contributed by atoms with Gasteiger partial charge in [0, 0.05) is 6.42 Å². The van der Waals surface area contributed by atoms with Crippen LogP contribution in [0, 0.1) is 0 Å². The third-order valence-corrected chi connectivity index (χ3v) is 7.04. The van der Waals surface area contributed by atoms with Crippen LogP contribution in [-0.4, -0.2) is 39.7 Å². The number of H-pyrrole nitrogens is 1. The molecule has 1 aromatic carbocycles. The molecular formula is C10H14N2O7P2. The van der Waals surface area contributed by atoms with Gasteiger partial charge in [-0.15, -0.1) is 0 Å². The van der Waals surface area contributed by atoms with Crippen LogP contribution in [0.4, 0.5) is 0 Å². The van der Waals surface area contributed by atoms with Crippen molar-refractivity contribution in [1.29, 1.82) is 0 Å². The molecule has 1 heterocycles. The lowest BCUT2D eigenvalue weighted by molar-refractivity contribution is 0.123. The minimum Gasteiger partial charge on any atom is -0.368 e. The summed E-state index contributed by atoms with van der Waals surface area (Å²) >= 11 is 0. The van der Waals surface area contributed by atoms with Crippen LogP contribution < -0.4 is 0 Å². The van der Waals surface area contributed by atoms with Crippen molar-refractivity contribution in [2.24, 2.45) is 0 Å². The maximum atomic E-state index is 11.2. The van der Waals surface area contributed by atoms with Gasteiger partial charge < -0.3 is 29.7 Å². The Labute approximate surface area is 119 Å². The average molecular weight is 336 g/mol. The van der Waals surface area contributed by atoms with E-state index < -0.39 is 26.7 Å². The average Bonchev–Trinajstić information content (AvgIpc) is 2.80. The molecule has 0 bridgehead atoms. The Morgan fingerprint density at radius 3 is 2.33 bits per heavy atom. The van der Waals surface area contributed by atoms with Crippen LogP contribution in [0.5, 0.6) is 0 Å². The lowest BCUT2D eigenvalue weighted by Gasteiger charge is -2.29. The SMILES string of the molecule is O=P(O)(O)C(O)(CCc1ccc2[nH]cnc2c1)P(=O)(O)O. The van der Waals surface area contributed by atoms with Gasteiger partial charge in [-0.25, -0.2) is 4.98 Å². The molecule has 0 fully saturated rings. The van der Waals surface area contributed by atoms with E-state index in [9.17, 15) is 14.2 Å². The minimum absolute atomic E-state index is 0.129. The van der Waals surface area contributed by atoms with E-state index in [-0.39, 0.29) is 6.42 Å². The van der Waals surface area contributed by atoms with Crippen LogP contribution in [0.3, 0.4) is 0 Å². The summed E-state index contributed by atoms with van der Waals surface area (Å²) in [4.78, 5) is 43.0. The molecular weight excluding hydrogens is 322 g/mol. The standard InChI is InChI=1S/C10H14N2O7P2/c13-10(20(14,15)16,21(17,18)19)4-3-7-1-2-8-9(5-7)12-6-11-8/h1-2,5-6,13H,3-4H2,(H,11,12)(H2,14,15,16)(H2,17,18,19). The molecule has 0 aliphatic carbocycles. The van der Waals surface area contributed by atoms with Gasteiger partial charge in [0.25, 0.3) is 5.08 Å². The molecule has 0 radical (unpaired) electrons. The van der Waals surface area contributed by atoms with Gasteiger partial charge in [-0.05, 0) is 24.1 Å². The van der Waals surface area contributed by atoms with Crippen molar-refractivity contribution in [3.8, 4) is 0 Å². The largest absolute Gasteiger partial charge is 0.369 e. The van der Waals surface area contributed by atoms with Gasteiger partial charge in [0.2, 0.25) is 0 Å². The van der Waals surface area contributed by atoms with E-state index in [1.807, 2.05) is 0 Å². The predicted octanol–water partition coefficient (Wildman–Crippen LogP) is 0.497. The van der Waals surface area contributed by atoms with Crippen molar-refractivity contribution in [3.63, 3.8) is 0 Å². The zero-order chi connectivity index (χ0) is 15.9. The fourth-order valence-electron chi connectivity index (χ4n) is 1.91. The van der Waals surface area contributed by atoms with Crippen LogP contribution in [0.25, 0.3) is 11.0 Å². The quantitative estimate of drug-likeness (QED) is 0.430. The van der Waals surface area contributed by atoms with Crippen LogP contribution in [0.1, 0.15) is 12.0 Å². The summed E-state index contributed by atoms with van der Waals surface area (Å²) in [6, 6.07) is 4.89. The number of benzene rings is 1. The number of aromatic nitrogens is 2. The molecule has 2 aromatic rings. The number of hydrogen-bond donors (Lipinski definition) is 6. The maximum Gasteiger partial charge on any atom is 0.369 e. The second-order valence-electron chi connectivity index (χ2n) is 4.62. The van der Waals surface area contributed by atoms with Gasteiger partial charge >= 0.3 is 15.2 Å². The smallest absolute Gasteiger partial charge is 0.368 e. The monoisotopic (exact) mass is 336 g/mol. The van der Waals surface area contributed by atoms with Crippen molar-refractivity contribution >= 4 is 26.2 Å². The number of aryl methyl sites for hydroxylation is 1. The lowest BCUT2D eigenvalue weighted by atomic mass is 10.1. The fourth-order valence-corrected chi connectivity index (χ4v) is 4.07. The van der Waals surface area contributed by atoms with Gasteiger partial charge in [-0.2, -0.15) is 0 Å². The van der Waals surface area contributed by atoms with Gasteiger partial charge in [-0.3, -0.25) is 9.13 Å². The molecule has 9 nitrogen and oxygen atoms in total. The first-order valence-corrected chi connectivity index (χ1v) is 9.03. The van der Waals surface area contributed by atoms with Gasteiger partial charge in [0.1, 0.15) is 0 Å². The number of hydrogen-bond acceptors (Lipinski definition) is 4. The second kappa shape index (κ2) is 5.30. The van der Waals surface area contributed by atoms with Crippen molar-refractivity contribution < 1.29 is 33.8 Å². The van der Waals surface area contributed by atoms with Crippen molar-refractivity contribution in [2.75, 3.05) is 0 Å². The molecule has 116 valence electrons. The molecule has 0 unspecified atom stereocenters. The minimum atomic E-state index is -5.41. The van der Waals surface area contributed by atoms with Gasteiger partial charge in [0.05, 0.1) is 17.4 Å². The fraction of sp³-hybridized carbons (Fsp3) is 0.300. The Morgan fingerprint density at radius 2 is 1.76 bits per heavy atom. The van der Waals surface area contributed by atoms with E-state index in [1.54, 1.807) is 18.2 Å². The molecule has 2 rings (SSSR count). The van der Waals surface area contributed by atoms with Gasteiger partial charge in [0.15, 0.2) is 0 Å². The van der Waals surface area contributed by atoms with Gasteiger partial charge in [-0.1, -0.05) is 6.07 Å². The molecule has 0 saturated heterocycles. The van der Waals surface area contributed by atoms with Crippen LogP contribution in [0.2, 0.25) is 0 Å². The maximum absolute atomic E-state index is 11.2. The number of fused-ring (bicyclic) bond motifs is 1. The van der Waals surface area contributed by atoms with Crippen LogP contribution in [0.15, 0.2) is 24.5 Å². The van der Waals surface area contributed by atoms with E-state index in [1.165, 1.54) is 6.33 Å². The highest BCUT2D eigenvalue weighted by atomic mass is 31.2. The third-order valence-electron chi connectivity index (χ3n) is 3.17. The van der Waals surface area contributed by atoms with E-state index in [2.05, 4.69) is 9.97 Å². The summed E-state index contributed by atoms with van der Waals surface area (Å²) in [6.07, 6.45) is 0.559. The van der Waals surface area contributed by atoms with E-state index in [4.69, 9.17) is 19.6 Å². The molecule has 0 spiro atoms. The molecule has 0 amide bonds. The zero-order valence-electron chi connectivity index (χ0n) is 10.6. The van der Waals surface area contributed by atoms with Crippen molar-refractivity contribution in [2.45, 2.75) is 17.9 Å². The molecule has 21 heavy (non-hydrogen) atoms. The number of nitrogens with one attached hydrogen (secondary N) is 1. The molecule has 0 saturated carbocycles. The molecule has 11 heteroatoms. The number of aliphatic hydroxyl groups is 1. The summed E-state index contributed by atoms with van der Waals surface area (Å²) < 4.78 is 22.5. The first-order valence-electron chi connectivity index (χ1n) is 5.80. The zero-order valence-corrected chi connectivity index (χ0v) is 12.4. The molecule has 0 aliphatic rings. The Bertz CT molecular complexity index is 725. The first-order chi connectivity index (χ1) is 9.54. The highest BCUT2D eigenvalue weighted by molar-refractivity contribution is 7.72. The first kappa shape index (κ1) is 16.3. The summed E-state index contributed by atoms with van der Waals surface area (Å²) in [5.41, 5.74) is 1.89. The highest BCUT2D eigenvalue weighted by Gasteiger charge is 2.58. The Kier molecular flexibility index (Phi) is 4.12. The van der Waals surface area contributed by atoms with E-state index in [0.717, 1.165) is 5.52 Å². The van der Waals surface area contributed by atoms with Crippen LogP contribution in [-0.2, 0) is 15.6 Å². The molecule has 6 N–H and O–H groups in total. The van der Waals surface area contributed by atoms with Crippen molar-refractivity contribution in [3.05, 3.63) is 30.1 Å². The second-order valence-corrected chi connectivity index (χ2v) is 8.63. The van der Waals surface area contributed by atoms with Crippen LogP contribution >= 0.6 is 15.2 Å². The number of rotatable bonds is 5. The Morgan fingerprint density at radius 1 is 1.14 bits per heavy atom. The molecule has 1 aromatic heterocycles. The van der Waals surface area contributed by atoms with E-state index in [0.29, 0.717) is 11.1 Å². The number of aromatic amines is 1. The topological polar surface area (TPSA) is 164 Å². The summed E-state index contributed by atoms with van der Waals surface area (Å²) in [6.45, 7) is 0. The number of imidazole rings is 1. The summed E-state index contributed by atoms with van der Waals surface area (Å²) in [5, 5.41) is 6.38. The Balaban J connectivity index is 2.26. The highest BCUT2D eigenvalue weighted by Crippen LogP contribution is 2.69. The molecule has 0 atom stereocenters.